The second-order valence-electron chi connectivity index (χ2n) is 7.47. The third-order valence-electron chi connectivity index (χ3n) is 5.42. The molecule has 7 nitrogen and oxygen atoms in total. The molecular weight excluding hydrogens is 428 g/mol. The largest absolute Gasteiger partial charge is 0.465 e. The molecule has 1 heterocycles. The van der Waals surface area contributed by atoms with Crippen LogP contribution in [0.2, 0.25) is 5.02 Å². The van der Waals surface area contributed by atoms with Crippen LogP contribution in [0.4, 0.5) is 16.2 Å². The zero-order valence-electron chi connectivity index (χ0n) is 17.1. The van der Waals surface area contributed by atoms with Gasteiger partial charge in [0.15, 0.2) is 9.84 Å². The highest BCUT2D eigenvalue weighted by Crippen LogP contribution is 2.39. The van der Waals surface area contributed by atoms with Crippen molar-refractivity contribution in [2.45, 2.75) is 38.1 Å². The predicted molar refractivity (Wildman–Crippen MR) is 117 cm³/mol. The van der Waals surface area contributed by atoms with Crippen LogP contribution < -0.4 is 9.80 Å². The van der Waals surface area contributed by atoms with Crippen LogP contribution in [0, 0.1) is 13.8 Å². The van der Waals surface area contributed by atoms with Crippen molar-refractivity contribution >= 4 is 44.8 Å². The number of benzene rings is 2. The van der Waals surface area contributed by atoms with Crippen molar-refractivity contribution in [2.75, 3.05) is 22.6 Å². The summed E-state index contributed by atoms with van der Waals surface area (Å²) < 4.78 is 23.5. The Hall–Kier alpha value is -2.58. The second-order valence-corrected chi connectivity index (χ2v) is 9.89. The summed E-state index contributed by atoms with van der Waals surface area (Å²) in [6.45, 7) is 5.81. The fraction of sp³-hybridized carbons (Fsp3) is 0.333. The Morgan fingerprint density at radius 3 is 2.23 bits per heavy atom. The van der Waals surface area contributed by atoms with Gasteiger partial charge in [0.1, 0.15) is 0 Å². The maximum absolute atomic E-state index is 13.4. The van der Waals surface area contributed by atoms with Gasteiger partial charge in [-0.15, -0.1) is 0 Å². The first-order valence-corrected chi connectivity index (χ1v) is 11.7. The Kier molecular flexibility index (Phi) is 5.84. The molecule has 160 valence electrons. The highest BCUT2D eigenvalue weighted by Gasteiger charge is 2.37. The molecule has 2 aromatic carbocycles. The minimum atomic E-state index is -3.46. The van der Waals surface area contributed by atoms with Crippen molar-refractivity contribution in [3.63, 3.8) is 0 Å². The van der Waals surface area contributed by atoms with Crippen LogP contribution in [0.1, 0.15) is 34.8 Å². The Labute approximate surface area is 180 Å². The summed E-state index contributed by atoms with van der Waals surface area (Å²) in [4.78, 5) is 28.2. The Bertz CT molecular complexity index is 1150. The smallest absolute Gasteiger partial charge is 0.412 e. The summed E-state index contributed by atoms with van der Waals surface area (Å²) in [5.74, 6) is -0.409. The zero-order valence-corrected chi connectivity index (χ0v) is 18.7. The Morgan fingerprint density at radius 2 is 1.73 bits per heavy atom. The quantitative estimate of drug-likeness (QED) is 0.752. The standard InChI is InChI=1S/C21H23ClN2O5S/c1-5-14-11-23(18-8-12(2)13(3)9-19(18)24(14)21(26)27)20(25)16-7-6-15(10-17(16)22)30(4,28)29/h6-10,14H,5,11H2,1-4H3,(H,26,27). The van der Waals surface area contributed by atoms with E-state index >= 15 is 0 Å². The van der Waals surface area contributed by atoms with Crippen LogP contribution in [0.25, 0.3) is 0 Å². The highest BCUT2D eigenvalue weighted by molar-refractivity contribution is 7.90. The molecular formula is C21H23ClN2O5S. The van der Waals surface area contributed by atoms with Gasteiger partial charge in [0.2, 0.25) is 0 Å². The molecule has 0 aromatic heterocycles. The van der Waals surface area contributed by atoms with Crippen LogP contribution in [0.15, 0.2) is 35.2 Å². The number of sulfone groups is 1. The summed E-state index contributed by atoms with van der Waals surface area (Å²) in [5, 5.41) is 9.81. The van der Waals surface area contributed by atoms with E-state index in [0.29, 0.717) is 17.8 Å². The average Bonchev–Trinajstić information content (AvgIpc) is 2.66. The number of hydrogen-bond acceptors (Lipinski definition) is 4. The van der Waals surface area contributed by atoms with Crippen LogP contribution in [-0.2, 0) is 9.84 Å². The molecule has 0 radical (unpaired) electrons. The van der Waals surface area contributed by atoms with Gasteiger partial charge in [0.05, 0.1) is 32.9 Å². The first kappa shape index (κ1) is 22.1. The third kappa shape index (κ3) is 3.89. The fourth-order valence-electron chi connectivity index (χ4n) is 3.59. The molecule has 0 bridgehead atoms. The minimum Gasteiger partial charge on any atom is -0.465 e. The number of nitrogens with zero attached hydrogens (tertiary/aromatic N) is 2. The molecule has 1 aliphatic rings. The number of amides is 2. The van der Waals surface area contributed by atoms with E-state index in [1.165, 1.54) is 28.0 Å². The number of carboxylic acid groups (broad SMARTS) is 1. The van der Waals surface area contributed by atoms with Gasteiger partial charge in [-0.25, -0.2) is 13.2 Å². The van der Waals surface area contributed by atoms with E-state index < -0.39 is 27.9 Å². The molecule has 3 rings (SSSR count). The average molecular weight is 451 g/mol. The van der Waals surface area contributed by atoms with Gasteiger partial charge < -0.3 is 10.0 Å². The zero-order chi connectivity index (χ0) is 22.4. The molecule has 1 atom stereocenters. The summed E-state index contributed by atoms with van der Waals surface area (Å²) in [5.41, 5.74) is 2.93. The molecule has 0 aliphatic carbocycles. The first-order valence-electron chi connectivity index (χ1n) is 9.40. The SMILES string of the molecule is CCC1CN(C(=O)c2ccc(S(C)(=O)=O)cc2Cl)c2cc(C)c(C)cc2N1C(=O)O. The van der Waals surface area contributed by atoms with E-state index in [9.17, 15) is 23.1 Å². The topological polar surface area (TPSA) is 95.0 Å². The van der Waals surface area contributed by atoms with Crippen molar-refractivity contribution in [1.29, 1.82) is 0 Å². The molecule has 1 unspecified atom stereocenters. The fourth-order valence-corrected chi connectivity index (χ4v) is 4.56. The normalized spacial score (nSPS) is 16.4. The summed E-state index contributed by atoms with van der Waals surface area (Å²) in [6.07, 6.45) is 0.510. The Morgan fingerprint density at radius 1 is 1.13 bits per heavy atom. The van der Waals surface area contributed by atoms with Gasteiger partial charge >= 0.3 is 6.09 Å². The highest BCUT2D eigenvalue weighted by atomic mass is 35.5. The first-order chi connectivity index (χ1) is 14.0. The third-order valence-corrected chi connectivity index (χ3v) is 6.84. The monoisotopic (exact) mass is 450 g/mol. The van der Waals surface area contributed by atoms with Gasteiger partial charge in [-0.3, -0.25) is 9.69 Å². The van der Waals surface area contributed by atoms with Crippen LogP contribution in [-0.4, -0.2) is 44.4 Å². The lowest BCUT2D eigenvalue weighted by Gasteiger charge is -2.41. The van der Waals surface area contributed by atoms with E-state index in [-0.39, 0.29) is 22.0 Å². The van der Waals surface area contributed by atoms with Crippen LogP contribution in [0.3, 0.4) is 0 Å². The number of halogens is 1. The molecule has 1 aliphatic heterocycles. The Balaban J connectivity index is 2.14. The van der Waals surface area contributed by atoms with Crippen molar-refractivity contribution in [3.05, 3.63) is 52.0 Å². The number of hydrogen-bond donors (Lipinski definition) is 1. The molecule has 1 N–H and O–H groups in total. The minimum absolute atomic E-state index is 0.0260. The van der Waals surface area contributed by atoms with Gasteiger partial charge in [0.25, 0.3) is 5.91 Å². The summed E-state index contributed by atoms with van der Waals surface area (Å²) in [7, 11) is -3.46. The van der Waals surface area contributed by atoms with Gasteiger partial charge in [0, 0.05) is 12.8 Å². The van der Waals surface area contributed by atoms with Crippen molar-refractivity contribution in [2.24, 2.45) is 0 Å². The van der Waals surface area contributed by atoms with E-state index in [2.05, 4.69) is 0 Å². The molecule has 30 heavy (non-hydrogen) atoms. The molecule has 0 saturated carbocycles. The van der Waals surface area contributed by atoms with Crippen LogP contribution >= 0.6 is 11.6 Å². The lowest BCUT2D eigenvalue weighted by Crippen LogP contribution is -2.52. The second kappa shape index (κ2) is 7.92. The maximum Gasteiger partial charge on any atom is 0.412 e. The number of anilines is 2. The molecule has 0 fully saturated rings. The van der Waals surface area contributed by atoms with E-state index in [4.69, 9.17) is 11.6 Å². The maximum atomic E-state index is 13.4. The number of carbonyl (C=O) groups excluding carboxylic acids is 1. The van der Waals surface area contributed by atoms with E-state index in [1.807, 2.05) is 20.8 Å². The van der Waals surface area contributed by atoms with Gasteiger partial charge in [-0.05, 0) is 61.7 Å². The van der Waals surface area contributed by atoms with Gasteiger partial charge in [-0.1, -0.05) is 18.5 Å². The summed E-state index contributed by atoms with van der Waals surface area (Å²) >= 11 is 6.27. The molecule has 0 spiro atoms. The van der Waals surface area contributed by atoms with Crippen LogP contribution in [0.5, 0.6) is 0 Å². The lowest BCUT2D eigenvalue weighted by atomic mass is 9.99. The lowest BCUT2D eigenvalue weighted by molar-refractivity contribution is 0.0982. The number of aryl methyl sites for hydroxylation is 2. The number of fused-ring (bicyclic) bond motifs is 1. The van der Waals surface area contributed by atoms with Crippen molar-refractivity contribution < 1.29 is 23.1 Å². The number of rotatable bonds is 3. The van der Waals surface area contributed by atoms with E-state index in [1.54, 1.807) is 12.1 Å². The molecule has 0 saturated heterocycles. The van der Waals surface area contributed by atoms with Gasteiger partial charge in [-0.2, -0.15) is 0 Å². The summed E-state index contributed by atoms with van der Waals surface area (Å²) in [6, 6.07) is 7.15. The van der Waals surface area contributed by atoms with E-state index in [0.717, 1.165) is 17.4 Å². The van der Waals surface area contributed by atoms with Crippen molar-refractivity contribution in [3.8, 4) is 0 Å². The number of carbonyl (C=O) groups is 2. The molecule has 9 heteroatoms. The van der Waals surface area contributed by atoms with Crippen molar-refractivity contribution in [1.82, 2.24) is 0 Å². The molecule has 2 amide bonds. The predicted octanol–water partition coefficient (Wildman–Crippen LogP) is 4.28. The molecule has 2 aromatic rings.